The summed E-state index contributed by atoms with van der Waals surface area (Å²) in [5, 5.41) is 3.13. The number of nitrogens with one attached hydrogen (secondary N) is 1. The predicted octanol–water partition coefficient (Wildman–Crippen LogP) is 0.744. The van der Waals surface area contributed by atoms with E-state index in [4.69, 9.17) is 9.47 Å². The van der Waals surface area contributed by atoms with E-state index in [-0.39, 0.29) is 5.91 Å². The quantitative estimate of drug-likeness (QED) is 0.831. The molecule has 21 heavy (non-hydrogen) atoms. The summed E-state index contributed by atoms with van der Waals surface area (Å²) in [6.45, 7) is 6.34. The van der Waals surface area contributed by atoms with Gasteiger partial charge in [-0.3, -0.25) is 4.79 Å². The van der Waals surface area contributed by atoms with Gasteiger partial charge in [0, 0.05) is 39.3 Å². The molecular weight excluding hydrogens is 268 g/mol. The summed E-state index contributed by atoms with van der Waals surface area (Å²) < 4.78 is 11.1. The van der Waals surface area contributed by atoms with Gasteiger partial charge in [0.1, 0.15) is 0 Å². The minimum Gasteiger partial charge on any atom is -0.381 e. The van der Waals surface area contributed by atoms with Crippen LogP contribution < -0.4 is 5.32 Å². The first kappa shape index (κ1) is 15.3. The van der Waals surface area contributed by atoms with Crippen molar-refractivity contribution < 1.29 is 14.3 Å². The first-order valence-corrected chi connectivity index (χ1v) is 8.33. The van der Waals surface area contributed by atoms with Crippen LogP contribution in [0.25, 0.3) is 0 Å². The Morgan fingerprint density at radius 2 is 2.00 bits per heavy atom. The second-order valence-electron chi connectivity index (χ2n) is 7.01. The van der Waals surface area contributed by atoms with E-state index in [1.165, 1.54) is 0 Å². The van der Waals surface area contributed by atoms with Crippen LogP contribution in [0.1, 0.15) is 19.3 Å². The molecule has 0 bridgehead atoms. The van der Waals surface area contributed by atoms with Gasteiger partial charge in [0.2, 0.25) is 5.91 Å². The van der Waals surface area contributed by atoms with Gasteiger partial charge in [0.15, 0.2) is 0 Å². The van der Waals surface area contributed by atoms with E-state index in [0.717, 1.165) is 58.9 Å². The molecule has 1 N–H and O–H groups in total. The number of fused-ring (bicyclic) bond motifs is 1. The Hall–Kier alpha value is -0.650. The van der Waals surface area contributed by atoms with Gasteiger partial charge < -0.3 is 19.7 Å². The Labute approximate surface area is 127 Å². The van der Waals surface area contributed by atoms with E-state index in [2.05, 4.69) is 17.3 Å². The van der Waals surface area contributed by atoms with Gasteiger partial charge in [-0.05, 0) is 43.6 Å². The van der Waals surface area contributed by atoms with E-state index >= 15 is 0 Å². The minimum atomic E-state index is 0.199. The third-order valence-corrected chi connectivity index (χ3v) is 5.32. The lowest BCUT2D eigenvalue weighted by Crippen LogP contribution is -2.39. The second kappa shape index (κ2) is 7.07. The molecule has 1 amide bonds. The van der Waals surface area contributed by atoms with Crippen LogP contribution in [0.15, 0.2) is 0 Å². The smallest absolute Gasteiger partial charge is 0.220 e. The van der Waals surface area contributed by atoms with Gasteiger partial charge in [0.25, 0.3) is 0 Å². The van der Waals surface area contributed by atoms with Crippen LogP contribution in [0.5, 0.6) is 0 Å². The second-order valence-corrected chi connectivity index (χ2v) is 7.01. The maximum absolute atomic E-state index is 12.2. The largest absolute Gasteiger partial charge is 0.381 e. The van der Waals surface area contributed by atoms with E-state index in [9.17, 15) is 4.79 Å². The minimum absolute atomic E-state index is 0.199. The summed E-state index contributed by atoms with van der Waals surface area (Å²) in [5.74, 6) is 2.44. The third kappa shape index (κ3) is 3.96. The summed E-state index contributed by atoms with van der Waals surface area (Å²) in [6, 6.07) is 0. The zero-order valence-electron chi connectivity index (χ0n) is 13.1. The van der Waals surface area contributed by atoms with E-state index < -0.39 is 0 Å². The van der Waals surface area contributed by atoms with Crippen LogP contribution >= 0.6 is 0 Å². The van der Waals surface area contributed by atoms with E-state index in [1.807, 2.05) is 0 Å². The standard InChI is InChI=1S/C16H28N2O3/c1-18-8-14-11-21-10-13(15(14)9-18)6-16(19)17-7-12-2-4-20-5-3-12/h12-15H,2-11H2,1H3,(H,17,19)/t13-,14-,15+/m1/s1. The lowest BCUT2D eigenvalue weighted by atomic mass is 9.81. The number of hydrogen-bond donors (Lipinski definition) is 1. The molecular formula is C16H28N2O3. The van der Waals surface area contributed by atoms with E-state index in [0.29, 0.717) is 30.1 Å². The number of rotatable bonds is 4. The van der Waals surface area contributed by atoms with Gasteiger partial charge >= 0.3 is 0 Å². The number of hydrogen-bond acceptors (Lipinski definition) is 4. The fraction of sp³-hybridized carbons (Fsp3) is 0.938. The van der Waals surface area contributed by atoms with Crippen molar-refractivity contribution in [2.75, 3.05) is 53.1 Å². The normalized spacial score (nSPS) is 34.6. The molecule has 0 unspecified atom stereocenters. The van der Waals surface area contributed by atoms with Crippen molar-refractivity contribution >= 4 is 5.91 Å². The number of ether oxygens (including phenoxy) is 2. The molecule has 0 aromatic heterocycles. The zero-order chi connectivity index (χ0) is 14.7. The van der Waals surface area contributed by atoms with Crippen molar-refractivity contribution in [3.63, 3.8) is 0 Å². The number of carbonyl (C=O) groups excluding carboxylic acids is 1. The Balaban J connectivity index is 1.43. The van der Waals surface area contributed by atoms with Gasteiger partial charge in [-0.15, -0.1) is 0 Å². The van der Waals surface area contributed by atoms with Crippen LogP contribution in [0.3, 0.4) is 0 Å². The molecule has 3 fully saturated rings. The molecule has 0 spiro atoms. The zero-order valence-corrected chi connectivity index (χ0v) is 13.1. The topological polar surface area (TPSA) is 50.8 Å². The number of amides is 1. The number of likely N-dealkylation sites (tertiary alicyclic amines) is 1. The molecule has 5 heteroatoms. The van der Waals surface area contributed by atoms with Gasteiger partial charge in [0.05, 0.1) is 13.2 Å². The van der Waals surface area contributed by atoms with Gasteiger partial charge in [-0.1, -0.05) is 0 Å². The molecule has 0 aromatic carbocycles. The summed E-state index contributed by atoms with van der Waals surface area (Å²) >= 11 is 0. The molecule has 3 atom stereocenters. The van der Waals surface area contributed by atoms with Crippen LogP contribution in [-0.2, 0) is 14.3 Å². The van der Waals surface area contributed by atoms with Crippen LogP contribution in [0, 0.1) is 23.7 Å². The molecule has 3 rings (SSSR count). The first-order chi connectivity index (χ1) is 10.2. The lowest BCUT2D eigenvalue weighted by Gasteiger charge is -2.32. The molecule has 120 valence electrons. The highest BCUT2D eigenvalue weighted by Crippen LogP contribution is 2.34. The number of nitrogens with zero attached hydrogens (tertiary/aromatic N) is 1. The van der Waals surface area contributed by atoms with Gasteiger partial charge in [-0.25, -0.2) is 0 Å². The van der Waals surface area contributed by atoms with Crippen molar-refractivity contribution in [1.82, 2.24) is 10.2 Å². The Kier molecular flexibility index (Phi) is 5.14. The number of carbonyl (C=O) groups is 1. The summed E-state index contributed by atoms with van der Waals surface area (Å²) in [7, 11) is 2.17. The average Bonchev–Trinajstić information content (AvgIpc) is 2.88. The predicted molar refractivity (Wildman–Crippen MR) is 80.0 cm³/mol. The van der Waals surface area contributed by atoms with Crippen molar-refractivity contribution in [2.45, 2.75) is 19.3 Å². The van der Waals surface area contributed by atoms with Crippen LogP contribution in [0.2, 0.25) is 0 Å². The average molecular weight is 296 g/mol. The molecule has 3 aliphatic rings. The summed E-state index contributed by atoms with van der Waals surface area (Å²) in [6.07, 6.45) is 2.77. The van der Waals surface area contributed by atoms with Crippen molar-refractivity contribution in [3.05, 3.63) is 0 Å². The Morgan fingerprint density at radius 1 is 1.19 bits per heavy atom. The Morgan fingerprint density at radius 3 is 2.81 bits per heavy atom. The summed E-state index contributed by atoms with van der Waals surface area (Å²) in [4.78, 5) is 14.6. The fourth-order valence-corrected chi connectivity index (χ4v) is 4.05. The maximum Gasteiger partial charge on any atom is 0.220 e. The molecule has 3 saturated heterocycles. The molecule has 0 aromatic rings. The van der Waals surface area contributed by atoms with Gasteiger partial charge in [-0.2, -0.15) is 0 Å². The summed E-state index contributed by atoms with van der Waals surface area (Å²) in [5.41, 5.74) is 0. The molecule has 0 saturated carbocycles. The monoisotopic (exact) mass is 296 g/mol. The molecule has 0 aliphatic carbocycles. The highest BCUT2D eigenvalue weighted by molar-refractivity contribution is 5.76. The SMILES string of the molecule is CN1C[C@@H]2COC[C@@H](CC(=O)NCC3CCOCC3)[C@@H]2C1. The molecule has 3 heterocycles. The van der Waals surface area contributed by atoms with Crippen molar-refractivity contribution in [2.24, 2.45) is 23.7 Å². The highest BCUT2D eigenvalue weighted by atomic mass is 16.5. The first-order valence-electron chi connectivity index (χ1n) is 8.33. The molecule has 3 aliphatic heterocycles. The Bertz CT molecular complexity index is 357. The maximum atomic E-state index is 12.2. The highest BCUT2D eigenvalue weighted by Gasteiger charge is 2.40. The van der Waals surface area contributed by atoms with Crippen molar-refractivity contribution in [3.8, 4) is 0 Å². The lowest BCUT2D eigenvalue weighted by molar-refractivity contribution is -0.124. The van der Waals surface area contributed by atoms with E-state index in [1.54, 1.807) is 0 Å². The molecule has 0 radical (unpaired) electrons. The van der Waals surface area contributed by atoms with Crippen molar-refractivity contribution in [1.29, 1.82) is 0 Å². The van der Waals surface area contributed by atoms with Crippen LogP contribution in [-0.4, -0.2) is 63.9 Å². The molecule has 5 nitrogen and oxygen atoms in total. The van der Waals surface area contributed by atoms with Crippen LogP contribution in [0.4, 0.5) is 0 Å². The third-order valence-electron chi connectivity index (χ3n) is 5.32. The fourth-order valence-electron chi connectivity index (χ4n) is 4.05.